The number of benzene rings is 1. The molecule has 0 aromatic heterocycles. The third-order valence-electron chi connectivity index (χ3n) is 1.94. The number of aliphatic hydroxyl groups excluding tert-OH is 1. The fourth-order valence-corrected chi connectivity index (χ4v) is 2.03. The number of halogens is 1. The van der Waals surface area contributed by atoms with Gasteiger partial charge in [-0.05, 0) is 30.3 Å². The number of hydrogen-bond donors (Lipinski definition) is 2. The van der Waals surface area contributed by atoms with Crippen LogP contribution in [-0.2, 0) is 6.54 Å². The van der Waals surface area contributed by atoms with Crippen LogP contribution in [0, 0.1) is 5.82 Å². The van der Waals surface area contributed by atoms with Crippen LogP contribution in [0.1, 0.15) is 12.5 Å². The lowest BCUT2D eigenvalue weighted by Gasteiger charge is -2.09. The Balaban J connectivity index is 2.73. The van der Waals surface area contributed by atoms with Crippen LogP contribution in [0.4, 0.5) is 4.39 Å². The Labute approximate surface area is 93.9 Å². The summed E-state index contributed by atoms with van der Waals surface area (Å²) in [7, 11) is 0. The van der Waals surface area contributed by atoms with Crippen molar-refractivity contribution in [3.05, 3.63) is 29.6 Å². The number of aliphatic hydroxyl groups is 1. The molecule has 15 heavy (non-hydrogen) atoms. The minimum absolute atomic E-state index is 0.142. The number of nitrogens with one attached hydrogen (secondary N) is 1. The summed E-state index contributed by atoms with van der Waals surface area (Å²) >= 11 is 1.55. The van der Waals surface area contributed by atoms with Crippen LogP contribution >= 0.6 is 11.8 Å². The molecule has 0 atom stereocenters. The Morgan fingerprint density at radius 3 is 2.93 bits per heavy atom. The second kappa shape index (κ2) is 6.82. The van der Waals surface area contributed by atoms with Crippen molar-refractivity contribution in [1.29, 1.82) is 0 Å². The number of thioether (sulfide) groups is 1. The minimum atomic E-state index is -0.212. The van der Waals surface area contributed by atoms with Gasteiger partial charge in [-0.25, -0.2) is 4.39 Å². The van der Waals surface area contributed by atoms with E-state index in [1.54, 1.807) is 23.9 Å². The van der Waals surface area contributed by atoms with Gasteiger partial charge in [0.15, 0.2) is 0 Å². The lowest BCUT2D eigenvalue weighted by atomic mass is 10.2. The second-order valence-electron chi connectivity index (χ2n) is 3.10. The largest absolute Gasteiger partial charge is 0.396 e. The summed E-state index contributed by atoms with van der Waals surface area (Å²) in [5.41, 5.74) is 0.954. The van der Waals surface area contributed by atoms with Gasteiger partial charge in [0.05, 0.1) is 6.61 Å². The average Bonchev–Trinajstić information content (AvgIpc) is 2.25. The lowest BCUT2D eigenvalue weighted by Crippen LogP contribution is -2.12. The molecule has 4 heteroatoms. The van der Waals surface area contributed by atoms with Gasteiger partial charge in [-0.3, -0.25) is 0 Å². The zero-order chi connectivity index (χ0) is 11.1. The van der Waals surface area contributed by atoms with Gasteiger partial charge in [-0.1, -0.05) is 6.92 Å². The molecule has 0 radical (unpaired) electrons. The third kappa shape index (κ3) is 4.20. The molecule has 1 aromatic rings. The smallest absolute Gasteiger partial charge is 0.123 e. The molecule has 0 saturated carbocycles. The maximum Gasteiger partial charge on any atom is 0.123 e. The Morgan fingerprint density at radius 1 is 1.47 bits per heavy atom. The van der Waals surface area contributed by atoms with Gasteiger partial charge < -0.3 is 10.4 Å². The van der Waals surface area contributed by atoms with E-state index in [0.29, 0.717) is 12.3 Å². The van der Waals surface area contributed by atoms with Gasteiger partial charge in [0.2, 0.25) is 0 Å². The van der Waals surface area contributed by atoms with Crippen molar-refractivity contribution in [1.82, 2.24) is 5.32 Å². The molecule has 0 bridgehead atoms. The predicted molar refractivity (Wildman–Crippen MR) is 61.6 cm³/mol. The lowest BCUT2D eigenvalue weighted by molar-refractivity contribution is 0.322. The van der Waals surface area contributed by atoms with Crippen molar-refractivity contribution in [2.45, 2.75) is 18.4 Å². The second-order valence-corrected chi connectivity index (χ2v) is 4.24. The highest BCUT2D eigenvalue weighted by atomic mass is 32.2. The molecule has 0 heterocycles. The fourth-order valence-electron chi connectivity index (χ4n) is 1.24. The number of rotatable bonds is 6. The van der Waals surface area contributed by atoms with E-state index in [4.69, 9.17) is 5.11 Å². The summed E-state index contributed by atoms with van der Waals surface area (Å²) in [5, 5.41) is 11.9. The molecule has 0 saturated heterocycles. The summed E-state index contributed by atoms with van der Waals surface area (Å²) in [5.74, 6) is 0.432. The van der Waals surface area contributed by atoms with Gasteiger partial charge in [-0.15, -0.1) is 11.8 Å². The van der Waals surface area contributed by atoms with Crippen LogP contribution in [0.25, 0.3) is 0 Å². The van der Waals surface area contributed by atoms with Crippen molar-refractivity contribution in [3.63, 3.8) is 0 Å². The molecule has 0 aliphatic heterocycles. The minimum Gasteiger partial charge on any atom is -0.396 e. The molecular formula is C11H16FNOS. The first kappa shape index (κ1) is 12.5. The van der Waals surface area contributed by atoms with E-state index in [2.05, 4.69) is 5.32 Å². The molecule has 84 valence electrons. The van der Waals surface area contributed by atoms with Crippen LogP contribution in [0.3, 0.4) is 0 Å². The summed E-state index contributed by atoms with van der Waals surface area (Å²) in [4.78, 5) is 1.03. The van der Waals surface area contributed by atoms with Crippen molar-refractivity contribution >= 4 is 11.8 Å². The molecule has 0 aliphatic carbocycles. The van der Waals surface area contributed by atoms with Crippen LogP contribution in [0.5, 0.6) is 0 Å². The Bertz CT molecular complexity index is 307. The highest BCUT2D eigenvalue weighted by Crippen LogP contribution is 2.23. The fraction of sp³-hybridized carbons (Fsp3) is 0.455. The van der Waals surface area contributed by atoms with Gasteiger partial charge in [0.1, 0.15) is 5.82 Å². The quantitative estimate of drug-likeness (QED) is 0.732. The van der Waals surface area contributed by atoms with E-state index in [-0.39, 0.29) is 12.4 Å². The number of hydrogen-bond acceptors (Lipinski definition) is 3. The summed E-state index contributed by atoms with van der Waals surface area (Å²) in [6.07, 6.45) is 0. The molecule has 0 unspecified atom stereocenters. The maximum atomic E-state index is 13.0. The molecule has 0 fully saturated rings. The van der Waals surface area contributed by atoms with Crippen molar-refractivity contribution in [2.24, 2.45) is 0 Å². The first-order chi connectivity index (χ1) is 7.27. The van der Waals surface area contributed by atoms with E-state index in [0.717, 1.165) is 17.0 Å². The molecule has 0 amide bonds. The molecule has 0 aliphatic rings. The summed E-state index contributed by atoms with van der Waals surface area (Å²) in [6.45, 7) is 3.69. The van der Waals surface area contributed by atoms with Gasteiger partial charge in [-0.2, -0.15) is 0 Å². The Morgan fingerprint density at radius 2 is 2.27 bits per heavy atom. The van der Waals surface area contributed by atoms with Crippen molar-refractivity contribution < 1.29 is 9.50 Å². The normalized spacial score (nSPS) is 10.6. The topological polar surface area (TPSA) is 32.3 Å². The standard InChI is InChI=1S/C11H16FNOS/c1-2-13-8-9-7-10(12)3-4-11(9)15-6-5-14/h3-4,7,13-14H,2,5-6,8H2,1H3. The van der Waals surface area contributed by atoms with Crippen LogP contribution in [0.15, 0.2) is 23.1 Å². The van der Waals surface area contributed by atoms with Gasteiger partial charge in [0.25, 0.3) is 0 Å². The average molecular weight is 229 g/mol. The van der Waals surface area contributed by atoms with Gasteiger partial charge in [0, 0.05) is 17.2 Å². The third-order valence-corrected chi connectivity index (χ3v) is 3.03. The molecule has 1 rings (SSSR count). The first-order valence-corrected chi connectivity index (χ1v) is 5.99. The molecule has 0 spiro atoms. The highest BCUT2D eigenvalue weighted by Gasteiger charge is 2.04. The highest BCUT2D eigenvalue weighted by molar-refractivity contribution is 7.99. The monoisotopic (exact) mass is 229 g/mol. The maximum absolute atomic E-state index is 13.0. The molecular weight excluding hydrogens is 213 g/mol. The zero-order valence-electron chi connectivity index (χ0n) is 8.79. The summed E-state index contributed by atoms with van der Waals surface area (Å²) < 4.78 is 13.0. The Hall–Kier alpha value is -0.580. The summed E-state index contributed by atoms with van der Waals surface area (Å²) in [6, 6.07) is 4.76. The van der Waals surface area contributed by atoms with E-state index in [1.807, 2.05) is 6.92 Å². The van der Waals surface area contributed by atoms with Crippen LogP contribution in [0.2, 0.25) is 0 Å². The molecule has 2 N–H and O–H groups in total. The molecule has 2 nitrogen and oxygen atoms in total. The van der Waals surface area contributed by atoms with E-state index < -0.39 is 0 Å². The van der Waals surface area contributed by atoms with E-state index in [9.17, 15) is 4.39 Å². The van der Waals surface area contributed by atoms with Crippen LogP contribution < -0.4 is 5.32 Å². The van der Waals surface area contributed by atoms with E-state index in [1.165, 1.54) is 6.07 Å². The first-order valence-electron chi connectivity index (χ1n) is 5.00. The Kier molecular flexibility index (Phi) is 5.68. The van der Waals surface area contributed by atoms with Crippen molar-refractivity contribution in [3.8, 4) is 0 Å². The van der Waals surface area contributed by atoms with E-state index >= 15 is 0 Å². The van der Waals surface area contributed by atoms with Gasteiger partial charge >= 0.3 is 0 Å². The SMILES string of the molecule is CCNCc1cc(F)ccc1SCCO. The van der Waals surface area contributed by atoms with Crippen LogP contribution in [-0.4, -0.2) is 24.0 Å². The van der Waals surface area contributed by atoms with Crippen molar-refractivity contribution in [2.75, 3.05) is 18.9 Å². The molecule has 1 aromatic carbocycles. The zero-order valence-corrected chi connectivity index (χ0v) is 9.61. The predicted octanol–water partition coefficient (Wildman–Crippen LogP) is 2.02.